The van der Waals surface area contributed by atoms with Crippen molar-refractivity contribution in [2.24, 2.45) is 0 Å². The molecule has 2 heterocycles. The van der Waals surface area contributed by atoms with Crippen LogP contribution in [0.4, 0.5) is 8.78 Å². The quantitative estimate of drug-likeness (QED) is 0.737. The van der Waals surface area contributed by atoms with Crippen molar-refractivity contribution in [3.63, 3.8) is 0 Å². The molecule has 0 aromatic carbocycles. The van der Waals surface area contributed by atoms with Crippen molar-refractivity contribution in [1.82, 2.24) is 4.98 Å². The molecule has 0 spiro atoms. The zero-order valence-electron chi connectivity index (χ0n) is 6.57. The Morgan fingerprint density at radius 3 is 3.08 bits per heavy atom. The normalized spacial score (nSPS) is 26.2. The summed E-state index contributed by atoms with van der Waals surface area (Å²) in [5.41, 5.74) is 0. The summed E-state index contributed by atoms with van der Waals surface area (Å²) in [6, 6.07) is 0. The van der Waals surface area contributed by atoms with Gasteiger partial charge in [0.05, 0.1) is 6.61 Å². The van der Waals surface area contributed by atoms with E-state index >= 15 is 0 Å². The molecule has 6 heteroatoms. The third-order valence-electron chi connectivity index (χ3n) is 1.69. The van der Waals surface area contributed by atoms with Crippen LogP contribution in [-0.4, -0.2) is 30.2 Å². The minimum absolute atomic E-state index is 0.0768. The zero-order valence-corrected chi connectivity index (χ0v) is 7.39. The van der Waals surface area contributed by atoms with E-state index in [1.54, 1.807) is 5.38 Å². The Morgan fingerprint density at radius 2 is 2.54 bits per heavy atom. The fourth-order valence-corrected chi connectivity index (χ4v) is 1.56. The van der Waals surface area contributed by atoms with Gasteiger partial charge in [-0.25, -0.2) is 4.98 Å². The van der Waals surface area contributed by atoms with Crippen LogP contribution in [0.5, 0.6) is 5.19 Å². The van der Waals surface area contributed by atoms with Crippen molar-refractivity contribution in [1.29, 1.82) is 0 Å². The molecule has 13 heavy (non-hydrogen) atoms. The minimum atomic E-state index is -2.90. The van der Waals surface area contributed by atoms with E-state index in [0.29, 0.717) is 0 Å². The predicted octanol–water partition coefficient (Wildman–Crippen LogP) is 1.56. The summed E-state index contributed by atoms with van der Waals surface area (Å²) in [6.07, 6.45) is 0.312. The molecule has 1 aromatic heterocycles. The zero-order chi connectivity index (χ0) is 9.31. The number of ether oxygens (including phenoxy) is 2. The second kappa shape index (κ2) is 3.19. The van der Waals surface area contributed by atoms with E-state index in [1.807, 2.05) is 0 Å². The van der Waals surface area contributed by atoms with Crippen LogP contribution in [0.15, 0.2) is 11.6 Å². The molecule has 1 aromatic rings. The predicted molar refractivity (Wildman–Crippen MR) is 42.3 cm³/mol. The van der Waals surface area contributed by atoms with E-state index in [1.165, 1.54) is 17.5 Å². The summed E-state index contributed by atoms with van der Waals surface area (Å²) in [6.45, 7) is -0.643. The SMILES string of the molecule is FC1(F)COCC1Oc1nccs1. The van der Waals surface area contributed by atoms with Crippen LogP contribution in [0, 0.1) is 0 Å². The molecular formula is C7H7F2NO2S. The molecule has 0 radical (unpaired) electrons. The van der Waals surface area contributed by atoms with Gasteiger partial charge in [0, 0.05) is 11.6 Å². The standard InChI is InChI=1S/C7H7F2NO2S/c8-7(9)4-11-3-5(7)12-6-10-1-2-13-6/h1-2,5H,3-4H2. The summed E-state index contributed by atoms with van der Waals surface area (Å²) in [4.78, 5) is 3.75. The van der Waals surface area contributed by atoms with Gasteiger partial charge in [0.2, 0.25) is 0 Å². The van der Waals surface area contributed by atoms with Gasteiger partial charge in [-0.1, -0.05) is 11.3 Å². The molecule has 1 aliphatic heterocycles. The van der Waals surface area contributed by atoms with Gasteiger partial charge in [-0.2, -0.15) is 8.78 Å². The lowest BCUT2D eigenvalue weighted by Gasteiger charge is -2.16. The number of hydrogen-bond donors (Lipinski definition) is 0. The maximum atomic E-state index is 12.9. The molecule has 0 bridgehead atoms. The van der Waals surface area contributed by atoms with Gasteiger partial charge in [0.15, 0.2) is 6.10 Å². The second-order valence-electron chi connectivity index (χ2n) is 2.68. The molecule has 72 valence electrons. The lowest BCUT2D eigenvalue weighted by Crippen LogP contribution is -2.36. The summed E-state index contributed by atoms with van der Waals surface area (Å²) in [5, 5.41) is 1.93. The lowest BCUT2D eigenvalue weighted by atomic mass is 10.2. The second-order valence-corrected chi connectivity index (χ2v) is 3.54. The Morgan fingerprint density at radius 1 is 1.69 bits per heavy atom. The molecular weight excluding hydrogens is 200 g/mol. The van der Waals surface area contributed by atoms with E-state index in [0.717, 1.165) is 0 Å². The van der Waals surface area contributed by atoms with Crippen LogP contribution in [0.1, 0.15) is 0 Å². The maximum absolute atomic E-state index is 12.9. The van der Waals surface area contributed by atoms with Crippen LogP contribution >= 0.6 is 11.3 Å². The number of hydrogen-bond acceptors (Lipinski definition) is 4. The fraction of sp³-hybridized carbons (Fsp3) is 0.571. The summed E-state index contributed by atoms with van der Waals surface area (Å²) in [7, 11) is 0. The number of thiazole rings is 1. The average molecular weight is 207 g/mol. The molecule has 0 aliphatic carbocycles. The van der Waals surface area contributed by atoms with E-state index in [-0.39, 0.29) is 11.8 Å². The Labute approximate surface area is 77.3 Å². The topological polar surface area (TPSA) is 31.4 Å². The van der Waals surface area contributed by atoms with Gasteiger partial charge >= 0.3 is 5.92 Å². The molecule has 1 saturated heterocycles. The Hall–Kier alpha value is -0.750. The number of aromatic nitrogens is 1. The summed E-state index contributed by atoms with van der Waals surface area (Å²) in [5.74, 6) is -2.90. The van der Waals surface area contributed by atoms with Gasteiger partial charge in [-0.3, -0.25) is 0 Å². The Bertz CT molecular complexity index is 278. The highest BCUT2D eigenvalue weighted by Crippen LogP contribution is 2.29. The largest absolute Gasteiger partial charge is 0.458 e. The van der Waals surface area contributed by atoms with Crippen LogP contribution in [-0.2, 0) is 4.74 Å². The fourth-order valence-electron chi connectivity index (χ4n) is 1.03. The highest BCUT2D eigenvalue weighted by molar-refractivity contribution is 7.11. The van der Waals surface area contributed by atoms with Gasteiger partial charge in [-0.15, -0.1) is 0 Å². The van der Waals surface area contributed by atoms with Crippen LogP contribution in [0.2, 0.25) is 0 Å². The highest BCUT2D eigenvalue weighted by Gasteiger charge is 2.47. The van der Waals surface area contributed by atoms with Gasteiger partial charge in [0.25, 0.3) is 5.19 Å². The summed E-state index contributed by atoms with van der Waals surface area (Å²) >= 11 is 1.19. The third kappa shape index (κ3) is 1.78. The first-order valence-corrected chi connectivity index (χ1v) is 4.58. The van der Waals surface area contributed by atoms with Crippen LogP contribution in [0.25, 0.3) is 0 Å². The smallest absolute Gasteiger partial charge is 0.309 e. The molecule has 0 N–H and O–H groups in total. The number of rotatable bonds is 2. The number of alkyl halides is 2. The first-order valence-electron chi connectivity index (χ1n) is 3.70. The van der Waals surface area contributed by atoms with Crippen molar-refractivity contribution in [2.45, 2.75) is 12.0 Å². The van der Waals surface area contributed by atoms with Crippen molar-refractivity contribution in [3.8, 4) is 5.19 Å². The van der Waals surface area contributed by atoms with Crippen molar-refractivity contribution in [3.05, 3.63) is 11.6 Å². The molecule has 1 aliphatic rings. The van der Waals surface area contributed by atoms with Crippen molar-refractivity contribution in [2.75, 3.05) is 13.2 Å². The van der Waals surface area contributed by atoms with E-state index < -0.39 is 18.6 Å². The van der Waals surface area contributed by atoms with Crippen molar-refractivity contribution < 1.29 is 18.3 Å². The first kappa shape index (κ1) is 8.83. The molecule has 0 amide bonds. The molecule has 3 nitrogen and oxygen atoms in total. The molecule has 0 saturated carbocycles. The van der Waals surface area contributed by atoms with Gasteiger partial charge in [-0.05, 0) is 0 Å². The van der Waals surface area contributed by atoms with Crippen molar-refractivity contribution >= 4 is 11.3 Å². The van der Waals surface area contributed by atoms with E-state index in [4.69, 9.17) is 4.74 Å². The van der Waals surface area contributed by atoms with Gasteiger partial charge in [0.1, 0.15) is 6.61 Å². The molecule has 1 unspecified atom stereocenters. The first-order chi connectivity index (χ1) is 6.18. The Kier molecular flexibility index (Phi) is 2.17. The molecule has 1 fully saturated rings. The maximum Gasteiger partial charge on any atom is 0.309 e. The lowest BCUT2D eigenvalue weighted by molar-refractivity contribution is -0.0659. The number of nitrogens with zero attached hydrogens (tertiary/aromatic N) is 1. The monoisotopic (exact) mass is 207 g/mol. The van der Waals surface area contributed by atoms with E-state index in [9.17, 15) is 8.78 Å². The molecule has 1 atom stereocenters. The van der Waals surface area contributed by atoms with E-state index in [2.05, 4.69) is 9.72 Å². The van der Waals surface area contributed by atoms with Crippen LogP contribution < -0.4 is 4.74 Å². The minimum Gasteiger partial charge on any atom is -0.458 e. The average Bonchev–Trinajstić information content (AvgIpc) is 2.63. The Balaban J connectivity index is 2.02. The van der Waals surface area contributed by atoms with Gasteiger partial charge < -0.3 is 9.47 Å². The number of halogens is 2. The highest BCUT2D eigenvalue weighted by atomic mass is 32.1. The third-order valence-corrected chi connectivity index (χ3v) is 2.35. The molecule has 2 rings (SSSR count). The summed E-state index contributed by atoms with van der Waals surface area (Å²) < 4.78 is 35.4. The van der Waals surface area contributed by atoms with Crippen LogP contribution in [0.3, 0.4) is 0 Å².